The topological polar surface area (TPSA) is 127 Å². The standard InChI is InChI=1S/C35H46N4O6/c1-21(2)27-11-13-31(40)35(5,26-15-18-44-20-26)16-14-24-8-9-25-10-12-28(37-30(25)19-24)23(4)45-34(43)29-7-6-17-39(38-29)33(42)22(3)36-32(27)41/h8-10,12,14,16,19,21-23,26-27,29,38H,6-7,11,13,15,17-18,20H2,1-5H3,(H,36,41)/b16-14+/t22-,23+,26?,27-,29-,35?/m0/s1. The van der Waals surface area contributed by atoms with E-state index in [9.17, 15) is 19.2 Å². The Balaban J connectivity index is 1.50. The number of amides is 2. The maximum absolute atomic E-state index is 14.0. The summed E-state index contributed by atoms with van der Waals surface area (Å²) >= 11 is 0. The number of pyridine rings is 1. The van der Waals surface area contributed by atoms with Gasteiger partial charge < -0.3 is 14.8 Å². The first-order valence-electron chi connectivity index (χ1n) is 16.3. The Hall–Kier alpha value is -3.63. The van der Waals surface area contributed by atoms with E-state index in [0.717, 1.165) is 22.9 Å². The van der Waals surface area contributed by atoms with Crippen molar-refractivity contribution in [2.45, 2.75) is 84.9 Å². The van der Waals surface area contributed by atoms with Gasteiger partial charge >= 0.3 is 5.97 Å². The van der Waals surface area contributed by atoms with Gasteiger partial charge in [-0.1, -0.05) is 44.2 Å². The highest BCUT2D eigenvalue weighted by Gasteiger charge is 2.41. The van der Waals surface area contributed by atoms with E-state index in [1.165, 1.54) is 5.01 Å². The SMILES string of the molecule is CC(C)[C@@H]1CCC(=O)C(C)(C2CCOC2)/C=C/c2ccc3ccc(nc3c2)[C@@H](C)OC(=O)[C@@H]2CCCN(N2)C(=O)[C@H](C)NC1=O. The molecule has 2 N–H and O–H groups in total. The summed E-state index contributed by atoms with van der Waals surface area (Å²) in [5.41, 5.74) is 4.51. The van der Waals surface area contributed by atoms with Gasteiger partial charge in [0.1, 0.15) is 24.0 Å². The van der Waals surface area contributed by atoms with Gasteiger partial charge in [0, 0.05) is 42.2 Å². The van der Waals surface area contributed by atoms with Gasteiger partial charge in [-0.2, -0.15) is 0 Å². The second-order valence-corrected chi connectivity index (χ2v) is 13.3. The molecule has 2 unspecified atom stereocenters. The van der Waals surface area contributed by atoms with Crippen LogP contribution in [0.2, 0.25) is 0 Å². The number of fused-ring (bicyclic) bond motifs is 4. The summed E-state index contributed by atoms with van der Waals surface area (Å²) in [6.07, 6.45) is 5.87. The van der Waals surface area contributed by atoms with Crippen LogP contribution in [0.5, 0.6) is 0 Å². The Labute approximate surface area is 265 Å². The van der Waals surface area contributed by atoms with E-state index in [-0.39, 0.29) is 35.9 Å². The van der Waals surface area contributed by atoms with Crippen molar-refractivity contribution in [3.63, 3.8) is 0 Å². The van der Waals surface area contributed by atoms with Crippen molar-refractivity contribution in [3.8, 4) is 0 Å². The van der Waals surface area contributed by atoms with Crippen LogP contribution in [0, 0.1) is 23.2 Å². The number of ketones is 1. The monoisotopic (exact) mass is 618 g/mol. The number of esters is 1. The zero-order chi connectivity index (χ0) is 32.3. The number of rotatable bonds is 2. The molecule has 3 aliphatic heterocycles. The molecule has 10 nitrogen and oxygen atoms in total. The molecule has 0 aliphatic carbocycles. The minimum atomic E-state index is -0.817. The maximum Gasteiger partial charge on any atom is 0.325 e. The molecule has 2 aromatic rings. The Morgan fingerprint density at radius 3 is 2.56 bits per heavy atom. The molecule has 5 bridgehead atoms. The van der Waals surface area contributed by atoms with Crippen molar-refractivity contribution in [2.75, 3.05) is 19.8 Å². The number of benzene rings is 1. The quantitative estimate of drug-likeness (QED) is 0.470. The van der Waals surface area contributed by atoms with Crippen molar-refractivity contribution in [3.05, 3.63) is 47.7 Å². The predicted octanol–water partition coefficient (Wildman–Crippen LogP) is 4.53. The van der Waals surface area contributed by atoms with Crippen LogP contribution in [-0.2, 0) is 28.7 Å². The maximum atomic E-state index is 14.0. The number of allylic oxidation sites excluding steroid dienone is 1. The molecule has 2 fully saturated rings. The number of nitrogens with one attached hydrogen (secondary N) is 2. The second kappa shape index (κ2) is 13.8. The third kappa shape index (κ3) is 7.28. The first-order chi connectivity index (χ1) is 21.5. The Morgan fingerprint density at radius 1 is 1.04 bits per heavy atom. The number of hydrogen-bond acceptors (Lipinski definition) is 8. The molecule has 242 valence electrons. The number of ether oxygens (including phenoxy) is 2. The molecule has 0 saturated carbocycles. The Morgan fingerprint density at radius 2 is 1.82 bits per heavy atom. The third-order valence-electron chi connectivity index (χ3n) is 9.74. The van der Waals surface area contributed by atoms with Gasteiger partial charge in [0.25, 0.3) is 5.91 Å². The fourth-order valence-electron chi connectivity index (χ4n) is 6.58. The number of hydrazine groups is 1. The lowest BCUT2D eigenvalue weighted by atomic mass is 9.71. The first-order valence-corrected chi connectivity index (χ1v) is 16.3. The van der Waals surface area contributed by atoms with Crippen molar-refractivity contribution >= 4 is 40.5 Å². The molecule has 5 rings (SSSR count). The van der Waals surface area contributed by atoms with Gasteiger partial charge in [-0.3, -0.25) is 24.2 Å². The van der Waals surface area contributed by atoms with Gasteiger partial charge in [-0.15, -0.1) is 0 Å². The zero-order valence-corrected chi connectivity index (χ0v) is 27.0. The lowest BCUT2D eigenvalue weighted by Crippen LogP contribution is -2.59. The van der Waals surface area contributed by atoms with E-state index in [4.69, 9.17) is 14.5 Å². The Kier molecular flexibility index (Phi) is 10.0. The lowest BCUT2D eigenvalue weighted by Gasteiger charge is -2.35. The summed E-state index contributed by atoms with van der Waals surface area (Å²) < 4.78 is 11.5. The number of carbonyl (C=O) groups excluding carboxylic acids is 4. The molecular weight excluding hydrogens is 572 g/mol. The van der Waals surface area contributed by atoms with E-state index < -0.39 is 35.5 Å². The molecule has 1 aromatic carbocycles. The summed E-state index contributed by atoms with van der Waals surface area (Å²) in [6.45, 7) is 10.8. The van der Waals surface area contributed by atoms with Gasteiger partial charge in [-0.25, -0.2) is 10.4 Å². The molecule has 1 aromatic heterocycles. The lowest BCUT2D eigenvalue weighted by molar-refractivity contribution is -0.157. The fourth-order valence-corrected chi connectivity index (χ4v) is 6.58. The van der Waals surface area contributed by atoms with Crippen LogP contribution in [0.4, 0.5) is 0 Å². The van der Waals surface area contributed by atoms with Gasteiger partial charge in [0.2, 0.25) is 5.91 Å². The van der Waals surface area contributed by atoms with Crippen LogP contribution in [0.15, 0.2) is 36.4 Å². The summed E-state index contributed by atoms with van der Waals surface area (Å²) in [5.74, 6) is -1.44. The predicted molar refractivity (Wildman–Crippen MR) is 170 cm³/mol. The number of aromatic nitrogens is 1. The molecule has 0 radical (unpaired) electrons. The summed E-state index contributed by atoms with van der Waals surface area (Å²) in [6, 6.07) is 8.25. The van der Waals surface area contributed by atoms with Crippen LogP contribution in [0.25, 0.3) is 17.0 Å². The van der Waals surface area contributed by atoms with E-state index in [2.05, 4.69) is 10.7 Å². The van der Waals surface area contributed by atoms with Gasteiger partial charge in [0.15, 0.2) is 0 Å². The molecule has 0 spiro atoms. The largest absolute Gasteiger partial charge is 0.455 e. The highest BCUT2D eigenvalue weighted by molar-refractivity contribution is 5.91. The Bertz CT molecular complexity index is 1470. The molecule has 4 heterocycles. The normalized spacial score (nSPS) is 31.5. The summed E-state index contributed by atoms with van der Waals surface area (Å²) in [7, 11) is 0. The highest BCUT2D eigenvalue weighted by atomic mass is 16.5. The van der Waals surface area contributed by atoms with Crippen LogP contribution in [0.3, 0.4) is 0 Å². The summed E-state index contributed by atoms with van der Waals surface area (Å²) in [5, 5.41) is 5.23. The average Bonchev–Trinajstić information content (AvgIpc) is 3.58. The first kappa shape index (κ1) is 32.8. The van der Waals surface area contributed by atoms with E-state index in [0.29, 0.717) is 44.7 Å². The minimum absolute atomic E-state index is 0.0253. The van der Waals surface area contributed by atoms with Crippen LogP contribution in [-0.4, -0.2) is 65.4 Å². The van der Waals surface area contributed by atoms with Crippen molar-refractivity contribution in [1.29, 1.82) is 0 Å². The second-order valence-electron chi connectivity index (χ2n) is 13.3. The van der Waals surface area contributed by atoms with Gasteiger partial charge in [-0.05, 0) is 70.1 Å². The number of carbonyl (C=O) groups is 4. The van der Waals surface area contributed by atoms with Crippen LogP contribution < -0.4 is 10.7 Å². The summed E-state index contributed by atoms with van der Waals surface area (Å²) in [4.78, 5) is 58.8. The van der Waals surface area contributed by atoms with Crippen molar-refractivity contribution < 1.29 is 28.7 Å². The molecule has 2 amide bonds. The molecular formula is C35H46N4O6. The van der Waals surface area contributed by atoms with Crippen LogP contribution in [0.1, 0.15) is 84.1 Å². The molecule has 45 heavy (non-hydrogen) atoms. The number of Topliss-reactive ketones (excluding diaryl/α,β-unsaturated/α-hetero) is 1. The zero-order valence-electron chi connectivity index (χ0n) is 27.0. The van der Waals surface area contributed by atoms with E-state index in [1.54, 1.807) is 13.8 Å². The van der Waals surface area contributed by atoms with Crippen molar-refractivity contribution in [1.82, 2.24) is 20.7 Å². The average molecular weight is 619 g/mol. The molecule has 3 aliphatic rings. The minimum Gasteiger partial charge on any atom is -0.455 e. The molecule has 6 atom stereocenters. The molecule has 10 heteroatoms. The number of hydrogen-bond donors (Lipinski definition) is 2. The smallest absolute Gasteiger partial charge is 0.325 e. The molecule has 2 saturated heterocycles. The van der Waals surface area contributed by atoms with Gasteiger partial charge in [0.05, 0.1) is 17.8 Å². The fraction of sp³-hybridized carbons (Fsp3) is 0.571. The van der Waals surface area contributed by atoms with E-state index in [1.807, 2.05) is 63.3 Å². The van der Waals surface area contributed by atoms with Crippen molar-refractivity contribution in [2.24, 2.45) is 23.2 Å². The number of cyclic esters (lactones) is 1. The van der Waals surface area contributed by atoms with E-state index >= 15 is 0 Å². The highest BCUT2D eigenvalue weighted by Crippen LogP contribution is 2.39. The van der Waals surface area contributed by atoms with Crippen LogP contribution >= 0.6 is 0 Å². The third-order valence-corrected chi connectivity index (χ3v) is 9.74. The number of nitrogens with zero attached hydrogens (tertiary/aromatic N) is 2.